The molecule has 4 aliphatic rings. The minimum Gasteiger partial charge on any atom is -0.496 e. The summed E-state index contributed by atoms with van der Waals surface area (Å²) < 4.78 is 13.8. The Labute approximate surface area is 368 Å². The van der Waals surface area contributed by atoms with Crippen LogP contribution in [0.15, 0.2) is 47.4 Å². The number of nitrogens with zero attached hydrogens (tertiary/aromatic N) is 6. The number of nitrogens with one attached hydrogen (secondary N) is 2. The van der Waals surface area contributed by atoms with E-state index in [4.69, 9.17) is 9.47 Å². The van der Waals surface area contributed by atoms with E-state index in [1.165, 1.54) is 15.9 Å². The molecule has 4 aromatic rings. The smallest absolute Gasteiger partial charge is 0.262 e. The van der Waals surface area contributed by atoms with Gasteiger partial charge in [-0.2, -0.15) is 0 Å². The topological polar surface area (TPSA) is 183 Å². The van der Waals surface area contributed by atoms with Crippen LogP contribution in [0.2, 0.25) is 0 Å². The number of aryl methyl sites for hydroxylation is 1. The molecule has 4 aliphatic heterocycles. The fourth-order valence-electron chi connectivity index (χ4n) is 9.01. The van der Waals surface area contributed by atoms with Crippen LogP contribution in [0.5, 0.6) is 11.5 Å². The van der Waals surface area contributed by atoms with Crippen molar-refractivity contribution < 1.29 is 38.2 Å². The van der Waals surface area contributed by atoms with Crippen molar-refractivity contribution in [3.05, 3.63) is 74.5 Å². The summed E-state index contributed by atoms with van der Waals surface area (Å²) in [6.07, 6.45) is 3.56. The summed E-state index contributed by atoms with van der Waals surface area (Å²) >= 11 is 1.28. The van der Waals surface area contributed by atoms with E-state index < -0.39 is 29.7 Å². The highest BCUT2D eigenvalue weighted by Gasteiger charge is 2.45. The van der Waals surface area contributed by atoms with Crippen LogP contribution in [0.1, 0.15) is 68.1 Å². The lowest BCUT2D eigenvalue weighted by Gasteiger charge is -2.37. The second kappa shape index (κ2) is 17.9. The van der Waals surface area contributed by atoms with Crippen LogP contribution in [0.4, 0.5) is 5.69 Å². The number of ether oxygens (including phenoxy) is 2. The minimum atomic E-state index is -1.01. The molecule has 0 spiro atoms. The lowest BCUT2D eigenvalue weighted by molar-refractivity contribution is -0.136. The van der Waals surface area contributed by atoms with Gasteiger partial charge in [-0.1, -0.05) is 0 Å². The number of amides is 6. The van der Waals surface area contributed by atoms with E-state index in [1.54, 1.807) is 45.7 Å². The highest BCUT2D eigenvalue weighted by Crippen LogP contribution is 2.40. The van der Waals surface area contributed by atoms with Gasteiger partial charge in [0, 0.05) is 100 Å². The first-order chi connectivity index (χ1) is 30.2. The first-order valence-electron chi connectivity index (χ1n) is 21.2. The third kappa shape index (κ3) is 8.66. The van der Waals surface area contributed by atoms with E-state index in [2.05, 4.69) is 20.4 Å². The molecule has 3 fully saturated rings. The van der Waals surface area contributed by atoms with E-state index in [1.807, 2.05) is 42.1 Å². The van der Waals surface area contributed by atoms with E-state index in [9.17, 15) is 33.6 Å². The fraction of sp³-hybridized carbons (Fsp3) is 0.444. The van der Waals surface area contributed by atoms with Gasteiger partial charge in [0.2, 0.25) is 17.7 Å². The zero-order valence-electron chi connectivity index (χ0n) is 36.2. The molecular weight excluding hydrogens is 829 g/mol. The summed E-state index contributed by atoms with van der Waals surface area (Å²) in [4.78, 5) is 100. The van der Waals surface area contributed by atoms with E-state index in [0.717, 1.165) is 27.3 Å². The first-order valence-corrected chi connectivity index (χ1v) is 22.0. The van der Waals surface area contributed by atoms with Crippen LogP contribution < -0.4 is 30.6 Å². The number of methoxy groups -OCH3 is 2. The van der Waals surface area contributed by atoms with Gasteiger partial charge < -0.3 is 34.1 Å². The van der Waals surface area contributed by atoms with Gasteiger partial charge >= 0.3 is 0 Å². The van der Waals surface area contributed by atoms with Gasteiger partial charge in [-0.05, 0) is 75.3 Å². The molecule has 18 heteroatoms. The minimum absolute atomic E-state index is 0.0634. The number of benzene rings is 2. The van der Waals surface area contributed by atoms with Crippen LogP contribution in [0.3, 0.4) is 0 Å². The maximum atomic E-state index is 13.7. The van der Waals surface area contributed by atoms with Crippen molar-refractivity contribution in [1.82, 2.24) is 34.8 Å². The van der Waals surface area contributed by atoms with Crippen LogP contribution in [-0.4, -0.2) is 146 Å². The highest BCUT2D eigenvalue weighted by molar-refractivity contribution is 7.21. The van der Waals surface area contributed by atoms with Crippen molar-refractivity contribution in [2.45, 2.75) is 50.7 Å². The first kappa shape index (κ1) is 43.5. The van der Waals surface area contributed by atoms with Crippen molar-refractivity contribution in [2.75, 3.05) is 79.0 Å². The van der Waals surface area contributed by atoms with Crippen LogP contribution in [0, 0.1) is 0 Å². The molecule has 17 nitrogen and oxygen atoms in total. The maximum Gasteiger partial charge on any atom is 0.262 e. The normalized spacial score (nSPS) is 18.6. The molecule has 3 saturated heterocycles. The Bertz CT molecular complexity index is 2550. The molecule has 6 heterocycles. The van der Waals surface area contributed by atoms with E-state index >= 15 is 0 Å². The Kier molecular flexibility index (Phi) is 12.4. The predicted octanol–water partition coefficient (Wildman–Crippen LogP) is 2.68. The lowest BCUT2D eigenvalue weighted by atomic mass is 10.0. The Morgan fingerprint density at radius 2 is 1.54 bits per heavy atom. The molecular formula is C45H52N8O9S. The summed E-state index contributed by atoms with van der Waals surface area (Å²) in [6, 6.07) is 9.56. The van der Waals surface area contributed by atoms with Gasteiger partial charge in [-0.3, -0.25) is 48.7 Å². The highest BCUT2D eigenvalue weighted by atomic mass is 32.1. The molecule has 0 bridgehead atoms. The van der Waals surface area contributed by atoms with Gasteiger partial charge in [0.15, 0.2) is 0 Å². The van der Waals surface area contributed by atoms with Gasteiger partial charge in [-0.15, -0.1) is 11.3 Å². The second-order valence-corrected chi connectivity index (χ2v) is 17.8. The number of likely N-dealkylation sites (tertiary alicyclic amines) is 1. The third-order valence-electron chi connectivity index (χ3n) is 12.5. The van der Waals surface area contributed by atoms with Crippen molar-refractivity contribution in [2.24, 2.45) is 7.05 Å². The van der Waals surface area contributed by atoms with Gasteiger partial charge in [0.25, 0.3) is 23.3 Å². The number of aromatic nitrogens is 1. The van der Waals surface area contributed by atoms with Crippen molar-refractivity contribution in [3.8, 4) is 22.6 Å². The SMILES string of the molecule is COc1cc(-c2cn(C)c(=O)c3cc(C(=O)NC4CCN(C(=O)CCN5CCN(c6ccc7c(c6)C(=O)N(C6CCC(=O)NC6=O)C7=O)CC5)CC4)sc23)cc(OC)c1CN(C)C. The Morgan fingerprint density at radius 1 is 0.857 bits per heavy atom. The predicted molar refractivity (Wildman–Crippen MR) is 236 cm³/mol. The fourth-order valence-corrected chi connectivity index (χ4v) is 10.1. The number of piperazine rings is 1. The van der Waals surface area contributed by atoms with Crippen LogP contribution in [0.25, 0.3) is 21.2 Å². The van der Waals surface area contributed by atoms with Gasteiger partial charge in [0.05, 0.1) is 41.2 Å². The summed E-state index contributed by atoms with van der Waals surface area (Å²) in [5, 5.41) is 5.83. The Hall–Kier alpha value is -6.11. The number of imide groups is 2. The number of fused-ring (bicyclic) bond motifs is 2. The lowest BCUT2D eigenvalue weighted by Crippen LogP contribution is -2.54. The van der Waals surface area contributed by atoms with Crippen LogP contribution >= 0.6 is 11.3 Å². The monoisotopic (exact) mass is 880 g/mol. The van der Waals surface area contributed by atoms with Crippen molar-refractivity contribution in [3.63, 3.8) is 0 Å². The summed E-state index contributed by atoms with van der Waals surface area (Å²) in [5.41, 5.74) is 3.60. The summed E-state index contributed by atoms with van der Waals surface area (Å²) in [5.74, 6) is -0.973. The molecule has 1 unspecified atom stereocenters. The molecule has 63 heavy (non-hydrogen) atoms. The van der Waals surface area contributed by atoms with Crippen molar-refractivity contribution >= 4 is 62.6 Å². The average molecular weight is 881 g/mol. The maximum absolute atomic E-state index is 13.7. The summed E-state index contributed by atoms with van der Waals surface area (Å²) in [7, 11) is 8.87. The summed E-state index contributed by atoms with van der Waals surface area (Å²) in [6.45, 7) is 5.04. The zero-order chi connectivity index (χ0) is 44.7. The molecule has 1 atom stereocenters. The average Bonchev–Trinajstić information content (AvgIpc) is 3.83. The Morgan fingerprint density at radius 3 is 2.19 bits per heavy atom. The molecule has 332 valence electrons. The number of rotatable bonds is 12. The van der Waals surface area contributed by atoms with E-state index in [0.29, 0.717) is 98.1 Å². The molecule has 2 N–H and O–H groups in total. The molecule has 6 amide bonds. The van der Waals surface area contributed by atoms with Crippen molar-refractivity contribution in [1.29, 1.82) is 0 Å². The molecule has 2 aromatic heterocycles. The zero-order valence-corrected chi connectivity index (χ0v) is 37.0. The number of thiophene rings is 1. The molecule has 8 rings (SSSR count). The molecule has 0 radical (unpaired) electrons. The standard InChI is InChI=1S/C45H52N8O9S/c1-48(2)24-33-35(61-4)20-26(21-36(33)62-5)32-25-49(3)43(58)31-23-37(63-40(31)32)42(57)46-27-10-14-52(15-11-27)39(55)12-13-50-16-18-51(19-17-50)28-6-7-29-30(22-28)45(60)53(44(29)59)34-8-9-38(54)47-41(34)56/h6-7,20-23,25,27,34H,8-19,24H2,1-5H3,(H,46,57)(H,47,54,56). The number of carbonyl (C=O) groups excluding carboxylic acids is 6. The molecule has 0 saturated carbocycles. The van der Waals surface area contributed by atoms with Crippen LogP contribution in [-0.2, 0) is 28.0 Å². The Balaban J connectivity index is 0.825. The molecule has 0 aliphatic carbocycles. The number of carbonyl (C=O) groups is 6. The quantitative estimate of drug-likeness (QED) is 0.199. The number of pyridine rings is 1. The third-order valence-corrected chi connectivity index (χ3v) is 13.6. The largest absolute Gasteiger partial charge is 0.496 e. The number of hydrogen-bond donors (Lipinski definition) is 2. The second-order valence-electron chi connectivity index (χ2n) is 16.8. The number of hydrogen-bond acceptors (Lipinski definition) is 13. The number of anilines is 1. The van der Waals surface area contributed by atoms with Gasteiger partial charge in [-0.25, -0.2) is 0 Å². The number of piperidine rings is 2. The van der Waals surface area contributed by atoms with Gasteiger partial charge in [0.1, 0.15) is 17.5 Å². The van der Waals surface area contributed by atoms with E-state index in [-0.39, 0.29) is 47.4 Å². The molecule has 2 aromatic carbocycles.